The van der Waals surface area contributed by atoms with Gasteiger partial charge in [-0.2, -0.15) is 0 Å². The fraction of sp³-hybridized carbons (Fsp3) is 0.939. The van der Waals surface area contributed by atoms with Crippen LogP contribution in [-0.4, -0.2) is 33.0 Å². The van der Waals surface area contributed by atoms with Crippen LogP contribution < -0.4 is 0 Å². The Bertz CT molecular complexity index is 600. The second-order valence-electron chi connectivity index (χ2n) is 12.0. The number of nitrogens with zero attached hydrogens (tertiary/aromatic N) is 4. The summed E-state index contributed by atoms with van der Waals surface area (Å²) in [7, 11) is 0. The SMILES string of the molecule is CCCCCCCCCCCCCN(CCCCCCCCCCCCC)Cn1nnc2c1CCCC2. The van der Waals surface area contributed by atoms with Gasteiger partial charge in [0.25, 0.3) is 0 Å². The van der Waals surface area contributed by atoms with Crippen LogP contribution in [0.3, 0.4) is 0 Å². The highest BCUT2D eigenvalue weighted by Crippen LogP contribution is 2.19. The van der Waals surface area contributed by atoms with Crippen LogP contribution in [0.15, 0.2) is 0 Å². The zero-order valence-electron chi connectivity index (χ0n) is 25.3. The highest BCUT2D eigenvalue weighted by molar-refractivity contribution is 5.13. The summed E-state index contributed by atoms with van der Waals surface area (Å²) in [5, 5.41) is 9.09. The molecule has 0 aliphatic heterocycles. The molecule has 0 spiro atoms. The number of hydrogen-bond acceptors (Lipinski definition) is 3. The van der Waals surface area contributed by atoms with Crippen LogP contribution in [0.1, 0.15) is 179 Å². The number of hydrogen-bond donors (Lipinski definition) is 0. The maximum atomic E-state index is 4.57. The van der Waals surface area contributed by atoms with Crippen molar-refractivity contribution >= 4 is 0 Å². The van der Waals surface area contributed by atoms with Crippen molar-refractivity contribution in [2.24, 2.45) is 0 Å². The van der Waals surface area contributed by atoms with E-state index in [0.29, 0.717) is 0 Å². The molecule has 1 aromatic heterocycles. The van der Waals surface area contributed by atoms with Gasteiger partial charge in [0, 0.05) is 0 Å². The van der Waals surface area contributed by atoms with Crippen molar-refractivity contribution in [2.45, 2.75) is 187 Å². The van der Waals surface area contributed by atoms with Gasteiger partial charge in [-0.15, -0.1) is 5.10 Å². The van der Waals surface area contributed by atoms with E-state index in [1.54, 1.807) is 0 Å². The molecular weight excluding hydrogens is 452 g/mol. The molecule has 0 atom stereocenters. The van der Waals surface area contributed by atoms with Gasteiger partial charge < -0.3 is 0 Å². The van der Waals surface area contributed by atoms with Gasteiger partial charge in [0.05, 0.1) is 18.1 Å². The molecule has 1 heterocycles. The molecule has 37 heavy (non-hydrogen) atoms. The van der Waals surface area contributed by atoms with Crippen LogP contribution in [0.25, 0.3) is 0 Å². The summed E-state index contributed by atoms with van der Waals surface area (Å²) in [5.41, 5.74) is 2.70. The molecule has 4 nitrogen and oxygen atoms in total. The van der Waals surface area contributed by atoms with E-state index in [2.05, 4.69) is 33.7 Å². The lowest BCUT2D eigenvalue weighted by Crippen LogP contribution is -2.30. The Morgan fingerprint density at radius 1 is 0.541 bits per heavy atom. The predicted molar refractivity (Wildman–Crippen MR) is 161 cm³/mol. The van der Waals surface area contributed by atoms with Crippen molar-refractivity contribution < 1.29 is 0 Å². The Kier molecular flexibility index (Phi) is 20.1. The lowest BCUT2D eigenvalue weighted by atomic mass is 10.0. The van der Waals surface area contributed by atoms with E-state index in [4.69, 9.17) is 0 Å². The maximum absolute atomic E-state index is 4.57. The van der Waals surface area contributed by atoms with Crippen LogP contribution in [-0.2, 0) is 19.5 Å². The van der Waals surface area contributed by atoms with Crippen molar-refractivity contribution in [3.63, 3.8) is 0 Å². The van der Waals surface area contributed by atoms with Gasteiger partial charge in [-0.1, -0.05) is 147 Å². The number of aryl methyl sites for hydroxylation is 1. The Balaban J connectivity index is 1.59. The van der Waals surface area contributed by atoms with Gasteiger partial charge >= 0.3 is 0 Å². The molecule has 0 bridgehead atoms. The maximum Gasteiger partial charge on any atom is 0.0949 e. The van der Waals surface area contributed by atoms with Crippen LogP contribution in [0.2, 0.25) is 0 Å². The topological polar surface area (TPSA) is 34.0 Å². The Morgan fingerprint density at radius 3 is 1.41 bits per heavy atom. The van der Waals surface area contributed by atoms with Gasteiger partial charge in [0.15, 0.2) is 0 Å². The third-order valence-electron chi connectivity index (χ3n) is 8.48. The largest absolute Gasteiger partial charge is 0.284 e. The molecule has 0 saturated carbocycles. The van der Waals surface area contributed by atoms with E-state index in [0.717, 1.165) is 13.1 Å². The predicted octanol–water partition coefficient (Wildman–Crippen LogP) is 10.0. The Labute approximate surface area is 231 Å². The molecule has 0 radical (unpaired) electrons. The minimum absolute atomic E-state index is 0.956. The molecule has 1 aliphatic carbocycles. The van der Waals surface area contributed by atoms with E-state index in [1.165, 1.54) is 185 Å². The molecule has 216 valence electrons. The molecular formula is C33H64N4. The smallest absolute Gasteiger partial charge is 0.0949 e. The fourth-order valence-corrected chi connectivity index (χ4v) is 5.98. The second-order valence-corrected chi connectivity index (χ2v) is 12.0. The molecule has 0 N–H and O–H groups in total. The third-order valence-corrected chi connectivity index (χ3v) is 8.48. The first-order chi connectivity index (χ1) is 18.3. The first kappa shape index (κ1) is 32.3. The molecule has 0 unspecified atom stereocenters. The summed E-state index contributed by atoms with van der Waals surface area (Å²) >= 11 is 0. The molecule has 1 aromatic rings. The van der Waals surface area contributed by atoms with E-state index < -0.39 is 0 Å². The van der Waals surface area contributed by atoms with Crippen molar-refractivity contribution in [1.29, 1.82) is 0 Å². The van der Waals surface area contributed by atoms with E-state index in [-0.39, 0.29) is 0 Å². The quantitative estimate of drug-likeness (QED) is 0.115. The number of rotatable bonds is 26. The van der Waals surface area contributed by atoms with Gasteiger partial charge in [-0.3, -0.25) is 4.90 Å². The molecule has 0 saturated heterocycles. The third kappa shape index (κ3) is 16.0. The molecule has 4 heteroatoms. The standard InChI is InChI=1S/C33H64N4/c1-3-5-7-9-11-13-15-17-19-21-25-29-36(31-37-33-28-24-23-27-32(33)34-35-37)30-26-22-20-18-16-14-12-10-8-6-4-2/h3-31H2,1-2H3. The van der Waals surface area contributed by atoms with Crippen LogP contribution in [0.5, 0.6) is 0 Å². The van der Waals surface area contributed by atoms with Crippen molar-refractivity contribution in [1.82, 2.24) is 19.9 Å². The lowest BCUT2D eigenvalue weighted by molar-refractivity contribution is 0.193. The van der Waals surface area contributed by atoms with E-state index >= 15 is 0 Å². The van der Waals surface area contributed by atoms with Crippen LogP contribution in [0.4, 0.5) is 0 Å². The Morgan fingerprint density at radius 2 is 0.946 bits per heavy atom. The number of fused-ring (bicyclic) bond motifs is 1. The van der Waals surface area contributed by atoms with Crippen molar-refractivity contribution in [3.05, 3.63) is 11.4 Å². The highest BCUT2D eigenvalue weighted by atomic mass is 15.5. The summed E-state index contributed by atoms with van der Waals surface area (Å²) in [6.45, 7) is 8.02. The highest BCUT2D eigenvalue weighted by Gasteiger charge is 2.18. The Hall–Kier alpha value is -0.900. The van der Waals surface area contributed by atoms with Gasteiger partial charge in [0.2, 0.25) is 0 Å². The molecule has 0 aromatic carbocycles. The van der Waals surface area contributed by atoms with E-state index in [1.807, 2.05) is 0 Å². The van der Waals surface area contributed by atoms with Gasteiger partial charge in [-0.05, 0) is 51.6 Å². The molecule has 2 rings (SSSR count). The zero-order valence-corrected chi connectivity index (χ0v) is 25.3. The van der Waals surface area contributed by atoms with Crippen molar-refractivity contribution in [3.8, 4) is 0 Å². The van der Waals surface area contributed by atoms with Crippen LogP contribution >= 0.6 is 0 Å². The van der Waals surface area contributed by atoms with Gasteiger partial charge in [0.1, 0.15) is 0 Å². The summed E-state index contributed by atoms with van der Waals surface area (Å²) in [6, 6.07) is 0. The van der Waals surface area contributed by atoms with Crippen molar-refractivity contribution in [2.75, 3.05) is 13.1 Å². The first-order valence-electron chi connectivity index (χ1n) is 17.0. The normalized spacial score (nSPS) is 13.5. The molecule has 0 fully saturated rings. The van der Waals surface area contributed by atoms with Gasteiger partial charge in [-0.25, -0.2) is 4.68 Å². The summed E-state index contributed by atoms with van der Waals surface area (Å²) in [5.74, 6) is 0. The first-order valence-corrected chi connectivity index (χ1v) is 17.0. The summed E-state index contributed by atoms with van der Waals surface area (Å²) in [6.07, 6.45) is 36.1. The van der Waals surface area contributed by atoms with E-state index in [9.17, 15) is 0 Å². The second kappa shape index (κ2) is 23.0. The molecule has 0 amide bonds. The summed E-state index contributed by atoms with van der Waals surface area (Å²) in [4.78, 5) is 2.69. The summed E-state index contributed by atoms with van der Waals surface area (Å²) < 4.78 is 2.24. The van der Waals surface area contributed by atoms with Crippen LogP contribution in [0, 0.1) is 0 Å². The lowest BCUT2D eigenvalue weighted by Gasteiger charge is -2.23. The monoisotopic (exact) mass is 517 g/mol. The zero-order chi connectivity index (χ0) is 26.2. The fourth-order valence-electron chi connectivity index (χ4n) is 5.98. The minimum Gasteiger partial charge on any atom is -0.284 e. The number of aromatic nitrogens is 3. The molecule has 1 aliphatic rings. The number of unbranched alkanes of at least 4 members (excludes halogenated alkanes) is 20. The minimum atomic E-state index is 0.956. The average Bonchev–Trinajstić information content (AvgIpc) is 3.32. The average molecular weight is 517 g/mol.